The van der Waals surface area contributed by atoms with Crippen LogP contribution in [0.2, 0.25) is 0 Å². The van der Waals surface area contributed by atoms with Crippen molar-refractivity contribution in [2.45, 2.75) is 46.0 Å². The molecule has 0 unspecified atom stereocenters. The second-order valence-electron chi connectivity index (χ2n) is 3.97. The summed E-state index contributed by atoms with van der Waals surface area (Å²) < 4.78 is 5.21. The Bertz CT molecular complexity index is 314. The van der Waals surface area contributed by atoms with Crippen molar-refractivity contribution in [3.8, 4) is 5.75 Å². The van der Waals surface area contributed by atoms with E-state index in [0.717, 1.165) is 25.7 Å². The normalized spacial score (nSPS) is 10.1. The van der Waals surface area contributed by atoms with Gasteiger partial charge in [-0.25, -0.2) is 0 Å². The van der Waals surface area contributed by atoms with Crippen LogP contribution in [0.3, 0.4) is 0 Å². The van der Waals surface area contributed by atoms with Gasteiger partial charge in [0.15, 0.2) is 0 Å². The average Bonchev–Trinajstić information content (AvgIpc) is 2.29. The molecule has 0 saturated heterocycles. The lowest BCUT2D eigenvalue weighted by molar-refractivity contribution is -0.134. The molecule has 1 aromatic carbocycles. The summed E-state index contributed by atoms with van der Waals surface area (Å²) in [6.07, 6.45) is 4.63. The van der Waals surface area contributed by atoms with E-state index < -0.39 is 0 Å². The van der Waals surface area contributed by atoms with Crippen LogP contribution in [0.15, 0.2) is 24.3 Å². The van der Waals surface area contributed by atoms with Crippen molar-refractivity contribution in [1.29, 1.82) is 0 Å². The van der Waals surface area contributed by atoms with Crippen LogP contribution in [-0.4, -0.2) is 5.97 Å². The minimum atomic E-state index is -0.134. The summed E-state index contributed by atoms with van der Waals surface area (Å²) in [4.78, 5) is 11.4. The molecule has 0 fully saturated rings. The lowest BCUT2D eigenvalue weighted by Crippen LogP contribution is -2.07. The monoisotopic (exact) mass is 220 g/mol. The largest absolute Gasteiger partial charge is 0.427 e. The number of hydrogen-bond acceptors (Lipinski definition) is 2. The smallest absolute Gasteiger partial charge is 0.311 e. The Morgan fingerprint density at radius 3 is 2.38 bits per heavy atom. The third-order valence-corrected chi connectivity index (χ3v) is 2.43. The molecule has 0 amide bonds. The molecule has 88 valence electrons. The van der Waals surface area contributed by atoms with E-state index in [4.69, 9.17) is 4.74 Å². The maximum absolute atomic E-state index is 11.4. The quantitative estimate of drug-likeness (QED) is 0.539. The molecule has 0 radical (unpaired) electrons. The predicted molar refractivity (Wildman–Crippen MR) is 65.6 cm³/mol. The lowest BCUT2D eigenvalue weighted by atomic mass is 10.1. The number of esters is 1. The Hall–Kier alpha value is -1.31. The first-order valence-electron chi connectivity index (χ1n) is 6.06. The third kappa shape index (κ3) is 4.47. The van der Waals surface area contributed by atoms with E-state index in [2.05, 4.69) is 13.8 Å². The fourth-order valence-corrected chi connectivity index (χ4v) is 1.52. The highest BCUT2D eigenvalue weighted by Crippen LogP contribution is 2.14. The highest BCUT2D eigenvalue weighted by Gasteiger charge is 2.03. The van der Waals surface area contributed by atoms with E-state index in [1.165, 1.54) is 5.56 Å². The molecule has 0 aliphatic heterocycles. The number of benzene rings is 1. The number of aryl methyl sites for hydroxylation is 1. The topological polar surface area (TPSA) is 26.3 Å². The van der Waals surface area contributed by atoms with Crippen molar-refractivity contribution in [2.75, 3.05) is 0 Å². The summed E-state index contributed by atoms with van der Waals surface area (Å²) in [5.41, 5.74) is 1.29. The van der Waals surface area contributed by atoms with Gasteiger partial charge in [0.2, 0.25) is 0 Å². The first kappa shape index (κ1) is 12.8. The summed E-state index contributed by atoms with van der Waals surface area (Å²) in [7, 11) is 0. The molecule has 0 aromatic heterocycles. The molecule has 1 aromatic rings. The van der Waals surface area contributed by atoms with Crippen molar-refractivity contribution in [3.05, 3.63) is 29.8 Å². The van der Waals surface area contributed by atoms with Crippen LogP contribution in [0.4, 0.5) is 0 Å². The van der Waals surface area contributed by atoms with Crippen LogP contribution >= 0.6 is 0 Å². The van der Waals surface area contributed by atoms with Gasteiger partial charge in [-0.3, -0.25) is 4.79 Å². The Morgan fingerprint density at radius 2 is 1.81 bits per heavy atom. The second kappa shape index (κ2) is 7.04. The number of hydrogen-bond donors (Lipinski definition) is 0. The van der Waals surface area contributed by atoms with Gasteiger partial charge in [0.1, 0.15) is 5.75 Å². The molecule has 0 aliphatic rings. The van der Waals surface area contributed by atoms with Crippen LogP contribution in [0.5, 0.6) is 5.75 Å². The molecule has 0 spiro atoms. The standard InChI is InChI=1S/C14H20O2/c1-3-5-7-14(15)16-13-10-8-12(6-4-2)9-11-13/h8-11H,3-7H2,1-2H3. The van der Waals surface area contributed by atoms with Crippen molar-refractivity contribution >= 4 is 5.97 Å². The number of rotatable bonds is 6. The lowest BCUT2D eigenvalue weighted by Gasteiger charge is -2.04. The first-order valence-corrected chi connectivity index (χ1v) is 6.06. The average molecular weight is 220 g/mol. The van der Waals surface area contributed by atoms with Gasteiger partial charge >= 0.3 is 5.97 Å². The highest BCUT2D eigenvalue weighted by molar-refractivity contribution is 5.72. The molecular formula is C14H20O2. The zero-order chi connectivity index (χ0) is 11.8. The molecule has 0 heterocycles. The Labute approximate surface area is 97.6 Å². The van der Waals surface area contributed by atoms with E-state index in [-0.39, 0.29) is 5.97 Å². The van der Waals surface area contributed by atoms with Gasteiger partial charge in [-0.1, -0.05) is 38.8 Å². The summed E-state index contributed by atoms with van der Waals surface area (Å²) in [5, 5.41) is 0. The maximum Gasteiger partial charge on any atom is 0.311 e. The van der Waals surface area contributed by atoms with Gasteiger partial charge in [-0.05, 0) is 30.5 Å². The zero-order valence-corrected chi connectivity index (χ0v) is 10.2. The van der Waals surface area contributed by atoms with Crippen LogP contribution in [0.1, 0.15) is 45.1 Å². The minimum absolute atomic E-state index is 0.134. The molecule has 0 bridgehead atoms. The van der Waals surface area contributed by atoms with Gasteiger partial charge in [-0.2, -0.15) is 0 Å². The molecule has 16 heavy (non-hydrogen) atoms. The summed E-state index contributed by atoms with van der Waals surface area (Å²) >= 11 is 0. The molecule has 0 saturated carbocycles. The molecular weight excluding hydrogens is 200 g/mol. The van der Waals surface area contributed by atoms with Crippen molar-refractivity contribution in [1.82, 2.24) is 0 Å². The summed E-state index contributed by atoms with van der Waals surface area (Å²) in [6, 6.07) is 7.78. The number of ether oxygens (including phenoxy) is 1. The van der Waals surface area contributed by atoms with E-state index in [1.54, 1.807) is 0 Å². The van der Waals surface area contributed by atoms with Crippen LogP contribution in [0.25, 0.3) is 0 Å². The Kier molecular flexibility index (Phi) is 5.62. The highest BCUT2D eigenvalue weighted by atomic mass is 16.5. The van der Waals surface area contributed by atoms with E-state index in [1.807, 2.05) is 24.3 Å². The molecule has 0 aliphatic carbocycles. The van der Waals surface area contributed by atoms with E-state index in [9.17, 15) is 4.79 Å². The summed E-state index contributed by atoms with van der Waals surface area (Å²) in [5.74, 6) is 0.519. The third-order valence-electron chi connectivity index (χ3n) is 2.43. The van der Waals surface area contributed by atoms with Gasteiger partial charge in [-0.15, -0.1) is 0 Å². The molecule has 2 heteroatoms. The fourth-order valence-electron chi connectivity index (χ4n) is 1.52. The predicted octanol–water partition coefficient (Wildman–Crippen LogP) is 3.73. The first-order chi connectivity index (χ1) is 7.76. The minimum Gasteiger partial charge on any atom is -0.427 e. The molecule has 1 rings (SSSR count). The van der Waals surface area contributed by atoms with Crippen LogP contribution in [0, 0.1) is 0 Å². The number of unbranched alkanes of at least 4 members (excludes halogenated alkanes) is 1. The van der Waals surface area contributed by atoms with Crippen LogP contribution < -0.4 is 4.74 Å². The van der Waals surface area contributed by atoms with Gasteiger partial charge in [0.25, 0.3) is 0 Å². The van der Waals surface area contributed by atoms with E-state index >= 15 is 0 Å². The molecule has 0 N–H and O–H groups in total. The summed E-state index contributed by atoms with van der Waals surface area (Å²) in [6.45, 7) is 4.21. The zero-order valence-electron chi connectivity index (χ0n) is 10.2. The van der Waals surface area contributed by atoms with Gasteiger partial charge in [0.05, 0.1) is 0 Å². The SMILES string of the molecule is CCCCC(=O)Oc1ccc(CCC)cc1. The van der Waals surface area contributed by atoms with Gasteiger partial charge in [0, 0.05) is 6.42 Å². The Balaban J connectivity index is 2.45. The van der Waals surface area contributed by atoms with Gasteiger partial charge < -0.3 is 4.74 Å². The molecule has 0 atom stereocenters. The van der Waals surface area contributed by atoms with Crippen molar-refractivity contribution in [2.24, 2.45) is 0 Å². The van der Waals surface area contributed by atoms with Crippen molar-refractivity contribution in [3.63, 3.8) is 0 Å². The number of carbonyl (C=O) groups is 1. The Morgan fingerprint density at radius 1 is 1.12 bits per heavy atom. The second-order valence-corrected chi connectivity index (χ2v) is 3.97. The van der Waals surface area contributed by atoms with Crippen LogP contribution in [-0.2, 0) is 11.2 Å². The fraction of sp³-hybridized carbons (Fsp3) is 0.500. The molecule has 2 nitrogen and oxygen atoms in total. The van der Waals surface area contributed by atoms with Crippen molar-refractivity contribution < 1.29 is 9.53 Å². The number of carbonyl (C=O) groups excluding carboxylic acids is 1. The van der Waals surface area contributed by atoms with E-state index in [0.29, 0.717) is 12.2 Å². The maximum atomic E-state index is 11.4.